The maximum atomic E-state index is 12.2. The molecule has 1 aromatic carbocycles. The molecule has 0 atom stereocenters. The summed E-state index contributed by atoms with van der Waals surface area (Å²) in [5.41, 5.74) is 1.62. The fourth-order valence-corrected chi connectivity index (χ4v) is 1.82. The van der Waals surface area contributed by atoms with Crippen molar-refractivity contribution in [3.8, 4) is 5.75 Å². The lowest BCUT2D eigenvalue weighted by atomic mass is 9.85. The van der Waals surface area contributed by atoms with Gasteiger partial charge in [-0.05, 0) is 30.0 Å². The lowest BCUT2D eigenvalue weighted by Gasteiger charge is -2.20. The standard InChI is InChI=1S/C16H22O3/c1-11(17)6-8-14(18)13-10-12(16(2,3)4)7-9-15(13)19-5/h7,9-10H,6,8H2,1-5H3. The summed E-state index contributed by atoms with van der Waals surface area (Å²) in [5.74, 6) is 0.555. The van der Waals surface area contributed by atoms with E-state index in [-0.39, 0.29) is 29.8 Å². The van der Waals surface area contributed by atoms with Crippen LogP contribution >= 0.6 is 0 Å². The molecule has 0 bridgehead atoms. The number of benzene rings is 1. The van der Waals surface area contributed by atoms with Gasteiger partial charge in [-0.15, -0.1) is 0 Å². The molecule has 0 aliphatic rings. The van der Waals surface area contributed by atoms with Crippen molar-refractivity contribution in [1.29, 1.82) is 0 Å². The Balaban J connectivity index is 3.09. The van der Waals surface area contributed by atoms with E-state index in [9.17, 15) is 9.59 Å². The van der Waals surface area contributed by atoms with Crippen molar-refractivity contribution in [2.75, 3.05) is 7.11 Å². The van der Waals surface area contributed by atoms with Gasteiger partial charge in [0, 0.05) is 12.8 Å². The summed E-state index contributed by atoms with van der Waals surface area (Å²) in [6.07, 6.45) is 0.515. The molecule has 0 heterocycles. The molecule has 0 amide bonds. The Morgan fingerprint density at radius 2 is 1.79 bits per heavy atom. The number of rotatable bonds is 5. The predicted octanol–water partition coefficient (Wildman–Crippen LogP) is 3.54. The fourth-order valence-electron chi connectivity index (χ4n) is 1.82. The van der Waals surface area contributed by atoms with Gasteiger partial charge in [-0.3, -0.25) is 4.79 Å². The number of methoxy groups -OCH3 is 1. The van der Waals surface area contributed by atoms with Crippen molar-refractivity contribution in [1.82, 2.24) is 0 Å². The van der Waals surface area contributed by atoms with Crippen LogP contribution in [0, 0.1) is 0 Å². The Kier molecular flexibility index (Phi) is 4.87. The number of hydrogen-bond donors (Lipinski definition) is 0. The molecule has 19 heavy (non-hydrogen) atoms. The molecule has 104 valence electrons. The van der Waals surface area contributed by atoms with E-state index in [4.69, 9.17) is 4.74 Å². The summed E-state index contributed by atoms with van der Waals surface area (Å²) < 4.78 is 5.24. The summed E-state index contributed by atoms with van der Waals surface area (Å²) >= 11 is 0. The highest BCUT2D eigenvalue weighted by atomic mass is 16.5. The molecular formula is C16H22O3. The number of carbonyl (C=O) groups excluding carboxylic acids is 2. The van der Waals surface area contributed by atoms with E-state index >= 15 is 0 Å². The summed E-state index contributed by atoms with van der Waals surface area (Å²) in [5, 5.41) is 0. The quantitative estimate of drug-likeness (QED) is 0.762. The summed E-state index contributed by atoms with van der Waals surface area (Å²) in [6.45, 7) is 7.78. The van der Waals surface area contributed by atoms with Crippen molar-refractivity contribution in [3.63, 3.8) is 0 Å². The Morgan fingerprint density at radius 3 is 2.26 bits per heavy atom. The molecule has 0 saturated heterocycles. The number of ether oxygens (including phenoxy) is 1. The minimum Gasteiger partial charge on any atom is -0.496 e. The number of ketones is 2. The molecule has 0 aliphatic carbocycles. The highest BCUT2D eigenvalue weighted by Gasteiger charge is 2.19. The SMILES string of the molecule is COc1ccc(C(C)(C)C)cc1C(=O)CCC(C)=O. The maximum Gasteiger partial charge on any atom is 0.167 e. The Labute approximate surface area is 115 Å². The predicted molar refractivity (Wildman–Crippen MR) is 75.9 cm³/mol. The van der Waals surface area contributed by atoms with E-state index in [1.54, 1.807) is 7.11 Å². The first-order chi connectivity index (χ1) is 8.75. The molecule has 0 fully saturated rings. The monoisotopic (exact) mass is 262 g/mol. The average molecular weight is 262 g/mol. The first kappa shape index (κ1) is 15.4. The minimum atomic E-state index is -0.0434. The fraction of sp³-hybridized carbons (Fsp3) is 0.500. The first-order valence-electron chi connectivity index (χ1n) is 6.47. The van der Waals surface area contributed by atoms with E-state index in [0.29, 0.717) is 11.3 Å². The van der Waals surface area contributed by atoms with Crippen molar-refractivity contribution in [2.24, 2.45) is 0 Å². The van der Waals surface area contributed by atoms with Gasteiger partial charge in [-0.2, -0.15) is 0 Å². The Bertz CT molecular complexity index is 481. The zero-order valence-electron chi connectivity index (χ0n) is 12.4. The number of carbonyl (C=O) groups is 2. The smallest absolute Gasteiger partial charge is 0.167 e. The van der Waals surface area contributed by atoms with E-state index in [1.807, 2.05) is 18.2 Å². The summed E-state index contributed by atoms with van der Waals surface area (Å²) in [6, 6.07) is 5.67. The average Bonchev–Trinajstić information content (AvgIpc) is 2.33. The van der Waals surface area contributed by atoms with Gasteiger partial charge in [0.2, 0.25) is 0 Å². The Hall–Kier alpha value is -1.64. The molecule has 0 radical (unpaired) electrons. The maximum absolute atomic E-state index is 12.2. The molecule has 3 nitrogen and oxygen atoms in total. The van der Waals surface area contributed by atoms with Crippen LogP contribution in [-0.4, -0.2) is 18.7 Å². The molecular weight excluding hydrogens is 240 g/mol. The van der Waals surface area contributed by atoms with Crippen LogP contribution in [0.25, 0.3) is 0 Å². The van der Waals surface area contributed by atoms with Gasteiger partial charge in [-0.25, -0.2) is 0 Å². The first-order valence-corrected chi connectivity index (χ1v) is 6.47. The van der Waals surface area contributed by atoms with E-state index in [2.05, 4.69) is 20.8 Å². The zero-order valence-corrected chi connectivity index (χ0v) is 12.4. The summed E-state index contributed by atoms with van der Waals surface area (Å²) in [7, 11) is 1.55. The largest absolute Gasteiger partial charge is 0.496 e. The Morgan fingerprint density at radius 1 is 1.16 bits per heavy atom. The van der Waals surface area contributed by atoms with Gasteiger partial charge < -0.3 is 9.53 Å². The van der Waals surface area contributed by atoms with E-state index < -0.39 is 0 Å². The third kappa shape index (κ3) is 4.19. The van der Waals surface area contributed by atoms with Gasteiger partial charge in [0.25, 0.3) is 0 Å². The normalized spacial score (nSPS) is 11.2. The van der Waals surface area contributed by atoms with Gasteiger partial charge in [0.05, 0.1) is 12.7 Å². The van der Waals surface area contributed by atoms with E-state index in [0.717, 1.165) is 5.56 Å². The second-order valence-corrected chi connectivity index (χ2v) is 5.79. The van der Waals surface area contributed by atoms with Crippen molar-refractivity contribution in [2.45, 2.75) is 46.0 Å². The van der Waals surface area contributed by atoms with Crippen LogP contribution in [0.4, 0.5) is 0 Å². The third-order valence-electron chi connectivity index (χ3n) is 3.07. The van der Waals surface area contributed by atoms with Crippen LogP contribution in [0.5, 0.6) is 5.75 Å². The van der Waals surface area contributed by atoms with Crippen LogP contribution in [0.15, 0.2) is 18.2 Å². The second-order valence-electron chi connectivity index (χ2n) is 5.79. The lowest BCUT2D eigenvalue weighted by molar-refractivity contribution is -0.116. The van der Waals surface area contributed by atoms with Gasteiger partial charge in [0.1, 0.15) is 11.5 Å². The topological polar surface area (TPSA) is 43.4 Å². The number of Topliss-reactive ketones (excluding diaryl/α,β-unsaturated/α-hetero) is 2. The van der Waals surface area contributed by atoms with Crippen LogP contribution < -0.4 is 4.74 Å². The van der Waals surface area contributed by atoms with Crippen LogP contribution in [-0.2, 0) is 10.2 Å². The van der Waals surface area contributed by atoms with Gasteiger partial charge in [-0.1, -0.05) is 26.8 Å². The molecule has 0 spiro atoms. The third-order valence-corrected chi connectivity index (χ3v) is 3.07. The lowest BCUT2D eigenvalue weighted by Crippen LogP contribution is -2.13. The molecule has 1 aromatic rings. The highest BCUT2D eigenvalue weighted by Crippen LogP contribution is 2.28. The van der Waals surface area contributed by atoms with Crippen LogP contribution in [0.1, 0.15) is 56.5 Å². The molecule has 0 saturated carbocycles. The van der Waals surface area contributed by atoms with Gasteiger partial charge >= 0.3 is 0 Å². The van der Waals surface area contributed by atoms with Gasteiger partial charge in [0.15, 0.2) is 5.78 Å². The zero-order chi connectivity index (χ0) is 14.6. The summed E-state index contributed by atoms with van der Waals surface area (Å²) in [4.78, 5) is 23.2. The molecule has 0 aliphatic heterocycles. The molecule has 0 aromatic heterocycles. The van der Waals surface area contributed by atoms with Crippen molar-refractivity contribution in [3.05, 3.63) is 29.3 Å². The second kappa shape index (κ2) is 6.00. The highest BCUT2D eigenvalue weighted by molar-refractivity contribution is 6.00. The van der Waals surface area contributed by atoms with E-state index in [1.165, 1.54) is 6.92 Å². The van der Waals surface area contributed by atoms with Crippen LogP contribution in [0.2, 0.25) is 0 Å². The molecule has 3 heteroatoms. The molecule has 1 rings (SSSR count). The van der Waals surface area contributed by atoms with Crippen molar-refractivity contribution < 1.29 is 14.3 Å². The molecule has 0 unspecified atom stereocenters. The minimum absolute atomic E-state index is 0.0259. The number of hydrogen-bond acceptors (Lipinski definition) is 3. The molecule has 0 N–H and O–H groups in total. The van der Waals surface area contributed by atoms with Crippen LogP contribution in [0.3, 0.4) is 0 Å². The van der Waals surface area contributed by atoms with Crippen molar-refractivity contribution >= 4 is 11.6 Å².